The van der Waals surface area contributed by atoms with Crippen molar-refractivity contribution in [2.24, 2.45) is 5.73 Å². The summed E-state index contributed by atoms with van der Waals surface area (Å²) in [5.74, 6) is -0.327. The predicted octanol–water partition coefficient (Wildman–Crippen LogP) is 0.123. The zero-order chi connectivity index (χ0) is 10.4. The number of carbonyl (C=O) groups is 1. The highest BCUT2D eigenvalue weighted by atomic mass is 32.1. The normalized spacial score (nSPS) is 12.3. The van der Waals surface area contributed by atoms with Crippen LogP contribution in [0.5, 0.6) is 0 Å². The van der Waals surface area contributed by atoms with Gasteiger partial charge in [-0.1, -0.05) is 0 Å². The Hall–Kier alpha value is -0.840. The van der Waals surface area contributed by atoms with E-state index >= 15 is 0 Å². The molecule has 76 valence electrons. The van der Waals surface area contributed by atoms with Crippen LogP contribution in [0.25, 0.3) is 0 Å². The lowest BCUT2D eigenvalue weighted by Crippen LogP contribution is -2.44. The predicted molar refractivity (Wildman–Crippen MR) is 57.3 cm³/mol. The van der Waals surface area contributed by atoms with Gasteiger partial charge in [0.1, 0.15) is 0 Å². The molecule has 0 spiro atoms. The molecule has 0 heterocycles. The molecule has 0 bridgehead atoms. The molecule has 1 atom stereocenters. The van der Waals surface area contributed by atoms with Crippen molar-refractivity contribution in [2.45, 2.75) is 39.3 Å². The molecule has 0 aliphatic carbocycles. The highest BCUT2D eigenvalue weighted by Gasteiger charge is 2.07. The van der Waals surface area contributed by atoms with Gasteiger partial charge < -0.3 is 16.4 Å². The Morgan fingerprint density at radius 3 is 2.31 bits per heavy atom. The molecule has 0 fully saturated rings. The SMILES string of the molecule is CC(C)NC(=S)NC(C)CC(N)=O. The lowest BCUT2D eigenvalue weighted by molar-refractivity contribution is -0.118. The molecule has 0 saturated carbocycles. The number of nitrogens with one attached hydrogen (secondary N) is 2. The van der Waals surface area contributed by atoms with Gasteiger partial charge in [0, 0.05) is 18.5 Å². The van der Waals surface area contributed by atoms with Gasteiger partial charge in [0.2, 0.25) is 5.91 Å². The number of primary amides is 1. The molecule has 0 aromatic rings. The molecule has 4 N–H and O–H groups in total. The third-order valence-corrected chi connectivity index (χ3v) is 1.54. The van der Waals surface area contributed by atoms with Crippen molar-refractivity contribution in [3.05, 3.63) is 0 Å². The maximum Gasteiger partial charge on any atom is 0.219 e. The average Bonchev–Trinajstić information content (AvgIpc) is 1.80. The van der Waals surface area contributed by atoms with Crippen LogP contribution in [-0.4, -0.2) is 23.1 Å². The van der Waals surface area contributed by atoms with Gasteiger partial charge in [-0.15, -0.1) is 0 Å². The van der Waals surface area contributed by atoms with Gasteiger partial charge in [-0.25, -0.2) is 0 Å². The van der Waals surface area contributed by atoms with Gasteiger partial charge in [-0.3, -0.25) is 4.79 Å². The van der Waals surface area contributed by atoms with E-state index in [1.54, 1.807) is 0 Å². The van der Waals surface area contributed by atoms with Gasteiger partial charge >= 0.3 is 0 Å². The molecule has 1 unspecified atom stereocenters. The number of nitrogens with two attached hydrogens (primary N) is 1. The quantitative estimate of drug-likeness (QED) is 0.568. The summed E-state index contributed by atoms with van der Waals surface area (Å²) in [6.07, 6.45) is 0.292. The molecule has 4 nitrogen and oxygen atoms in total. The van der Waals surface area contributed by atoms with Crippen LogP contribution in [-0.2, 0) is 4.79 Å². The molecule has 0 saturated heterocycles. The topological polar surface area (TPSA) is 67.2 Å². The van der Waals surface area contributed by atoms with Crippen molar-refractivity contribution in [1.29, 1.82) is 0 Å². The van der Waals surface area contributed by atoms with E-state index in [1.807, 2.05) is 20.8 Å². The molecule has 0 aromatic carbocycles. The molecule has 0 aliphatic rings. The second-order valence-electron chi connectivity index (χ2n) is 3.34. The third kappa shape index (κ3) is 7.52. The van der Waals surface area contributed by atoms with Crippen molar-refractivity contribution < 1.29 is 4.79 Å². The van der Waals surface area contributed by atoms with Crippen LogP contribution in [0.1, 0.15) is 27.2 Å². The van der Waals surface area contributed by atoms with Gasteiger partial charge in [0.05, 0.1) is 0 Å². The molecule has 5 heteroatoms. The first-order valence-electron chi connectivity index (χ1n) is 4.27. The van der Waals surface area contributed by atoms with E-state index in [9.17, 15) is 4.79 Å². The van der Waals surface area contributed by atoms with Crippen molar-refractivity contribution in [3.8, 4) is 0 Å². The third-order valence-electron chi connectivity index (χ3n) is 1.30. The minimum absolute atomic E-state index is 0.0174. The Labute approximate surface area is 84.3 Å². The molecule has 0 aliphatic heterocycles. The Morgan fingerprint density at radius 1 is 1.38 bits per heavy atom. The van der Waals surface area contributed by atoms with E-state index < -0.39 is 0 Å². The van der Waals surface area contributed by atoms with E-state index in [0.29, 0.717) is 17.6 Å². The highest BCUT2D eigenvalue weighted by Crippen LogP contribution is 1.89. The van der Waals surface area contributed by atoms with Crippen LogP contribution < -0.4 is 16.4 Å². The van der Waals surface area contributed by atoms with Crippen LogP contribution >= 0.6 is 12.2 Å². The van der Waals surface area contributed by atoms with Crippen LogP contribution in [0.2, 0.25) is 0 Å². The summed E-state index contributed by atoms with van der Waals surface area (Å²) in [7, 11) is 0. The van der Waals surface area contributed by atoms with Crippen LogP contribution in [0.3, 0.4) is 0 Å². The first kappa shape index (κ1) is 12.2. The molecular weight excluding hydrogens is 186 g/mol. The maximum atomic E-state index is 10.5. The van der Waals surface area contributed by atoms with Gasteiger partial charge in [0.25, 0.3) is 0 Å². The van der Waals surface area contributed by atoms with Crippen LogP contribution in [0.15, 0.2) is 0 Å². The van der Waals surface area contributed by atoms with Gasteiger partial charge in [-0.2, -0.15) is 0 Å². The van der Waals surface area contributed by atoms with E-state index in [4.69, 9.17) is 18.0 Å². The summed E-state index contributed by atoms with van der Waals surface area (Å²) in [5, 5.41) is 6.54. The smallest absolute Gasteiger partial charge is 0.219 e. The summed E-state index contributed by atoms with van der Waals surface area (Å²) in [5.41, 5.74) is 5.03. The number of hydrogen-bond donors (Lipinski definition) is 3. The van der Waals surface area contributed by atoms with Crippen LogP contribution in [0.4, 0.5) is 0 Å². The summed E-state index contributed by atoms with van der Waals surface area (Å²) >= 11 is 4.98. The van der Waals surface area contributed by atoms with E-state index in [2.05, 4.69) is 10.6 Å². The Balaban J connectivity index is 3.71. The molecule has 13 heavy (non-hydrogen) atoms. The monoisotopic (exact) mass is 203 g/mol. The van der Waals surface area contributed by atoms with Crippen LogP contribution in [0, 0.1) is 0 Å². The standard InChI is InChI=1S/C8H17N3OS/c1-5(2)10-8(13)11-6(3)4-7(9)12/h5-6H,4H2,1-3H3,(H2,9,12)(H2,10,11,13). The summed E-state index contributed by atoms with van der Waals surface area (Å²) < 4.78 is 0. The molecule has 1 amide bonds. The zero-order valence-electron chi connectivity index (χ0n) is 8.26. The van der Waals surface area contributed by atoms with Crippen molar-refractivity contribution in [3.63, 3.8) is 0 Å². The number of thiocarbonyl (C=S) groups is 1. The summed E-state index contributed by atoms with van der Waals surface area (Å²) in [6.45, 7) is 5.85. The van der Waals surface area contributed by atoms with Crippen molar-refractivity contribution in [2.75, 3.05) is 0 Å². The molecule has 0 aromatic heterocycles. The lowest BCUT2D eigenvalue weighted by atomic mass is 10.2. The lowest BCUT2D eigenvalue weighted by Gasteiger charge is -2.17. The fraction of sp³-hybridized carbons (Fsp3) is 0.750. The van der Waals surface area contributed by atoms with Gasteiger partial charge in [0.15, 0.2) is 5.11 Å². The Kier molecular flexibility index (Phi) is 5.37. The summed E-state index contributed by atoms with van der Waals surface area (Å²) in [6, 6.07) is 0.275. The van der Waals surface area contributed by atoms with Crippen molar-refractivity contribution >= 4 is 23.2 Å². The molecular formula is C8H17N3OS. The zero-order valence-corrected chi connectivity index (χ0v) is 9.07. The Morgan fingerprint density at radius 2 is 1.92 bits per heavy atom. The second-order valence-corrected chi connectivity index (χ2v) is 3.75. The van der Waals surface area contributed by atoms with E-state index in [0.717, 1.165) is 0 Å². The average molecular weight is 203 g/mol. The first-order valence-corrected chi connectivity index (χ1v) is 4.68. The van der Waals surface area contributed by atoms with Gasteiger partial charge in [-0.05, 0) is 33.0 Å². The maximum absolute atomic E-state index is 10.5. The second kappa shape index (κ2) is 5.75. The first-order chi connectivity index (χ1) is 5.91. The van der Waals surface area contributed by atoms with E-state index in [-0.39, 0.29) is 11.9 Å². The fourth-order valence-electron chi connectivity index (χ4n) is 0.880. The molecule has 0 radical (unpaired) electrons. The number of carbonyl (C=O) groups excluding carboxylic acids is 1. The summed E-state index contributed by atoms with van der Waals surface area (Å²) in [4.78, 5) is 10.5. The minimum atomic E-state index is -0.327. The van der Waals surface area contributed by atoms with Crippen molar-refractivity contribution in [1.82, 2.24) is 10.6 Å². The number of amides is 1. The minimum Gasteiger partial charge on any atom is -0.370 e. The number of rotatable bonds is 4. The highest BCUT2D eigenvalue weighted by molar-refractivity contribution is 7.80. The number of hydrogen-bond acceptors (Lipinski definition) is 2. The largest absolute Gasteiger partial charge is 0.370 e. The Bertz CT molecular complexity index is 194. The fourth-order valence-corrected chi connectivity index (χ4v) is 1.32. The van der Waals surface area contributed by atoms with E-state index in [1.165, 1.54) is 0 Å². The molecule has 0 rings (SSSR count).